The number of H-pyrrole nitrogens is 1. The first-order valence-corrected chi connectivity index (χ1v) is 10.6. The zero-order valence-electron chi connectivity index (χ0n) is 19.2. The van der Waals surface area contributed by atoms with Gasteiger partial charge < -0.3 is 30.5 Å². The number of methoxy groups -OCH3 is 2. The monoisotopic (exact) mass is 457 g/mol. The number of nitrogens with one attached hydrogen (secondary N) is 4. The zero-order valence-corrected chi connectivity index (χ0v) is 19.2. The summed E-state index contributed by atoms with van der Waals surface area (Å²) >= 11 is 0. The number of halogens is 2. The van der Waals surface area contributed by atoms with Crippen LogP contribution in [0.1, 0.15) is 30.5 Å². The lowest BCUT2D eigenvalue weighted by Crippen LogP contribution is -2.29. The van der Waals surface area contributed by atoms with Crippen LogP contribution >= 0.6 is 0 Å². The molecule has 4 N–H and O–H groups in total. The van der Waals surface area contributed by atoms with Gasteiger partial charge >= 0.3 is 0 Å². The Morgan fingerprint density at radius 1 is 1.15 bits per heavy atom. The summed E-state index contributed by atoms with van der Waals surface area (Å²) in [4.78, 5) is 7.46. The molecule has 9 heteroatoms. The third-order valence-electron chi connectivity index (χ3n) is 5.22. The van der Waals surface area contributed by atoms with E-state index in [9.17, 15) is 8.78 Å². The summed E-state index contributed by atoms with van der Waals surface area (Å²) in [5, 5.41) is 15.0. The smallest absolute Gasteiger partial charge is 0.171 e. The average molecular weight is 458 g/mol. The number of nitrogens with zero attached hydrogens (tertiary/aromatic N) is 1. The third kappa shape index (κ3) is 5.48. The van der Waals surface area contributed by atoms with E-state index in [0.29, 0.717) is 40.3 Å². The molecule has 2 aromatic heterocycles. The Kier molecular flexibility index (Phi) is 8.00. The molecular weight excluding hydrogens is 428 g/mol. The number of pyridine rings is 1. The van der Waals surface area contributed by atoms with Gasteiger partial charge in [-0.05, 0) is 11.6 Å². The fraction of sp³-hybridized carbons (Fsp3) is 0.333. The van der Waals surface area contributed by atoms with Crippen LogP contribution in [0.2, 0.25) is 0 Å². The van der Waals surface area contributed by atoms with Crippen LogP contribution in [-0.2, 0) is 6.42 Å². The number of benzene rings is 1. The standard InChI is InChI=1S/C24H29F2N5O2/c1-14(2)29-6-5-28-11-17(10-27)15-7-18-16(13-31-24(18)30-12-15)8-19-22(25)20(32-3)9-21(33-4)23(19)26/h7,9-14,27-29H,5-6,8H2,1-4H3,(H,30,31)/b17-11+,27-10?. The SMILES string of the molecule is COc1cc(OC)c(F)c(Cc2c[nH]c3ncc(/C(C=N)=C/NCCNC(C)C)cc23)c1F. The highest BCUT2D eigenvalue weighted by Crippen LogP contribution is 2.34. The van der Waals surface area contributed by atoms with Gasteiger partial charge in [0.05, 0.1) is 14.2 Å². The highest BCUT2D eigenvalue weighted by molar-refractivity contribution is 6.09. The summed E-state index contributed by atoms with van der Waals surface area (Å²) in [5.41, 5.74) is 2.45. The number of aromatic amines is 1. The van der Waals surface area contributed by atoms with Gasteiger partial charge in [-0.15, -0.1) is 0 Å². The van der Waals surface area contributed by atoms with Gasteiger partial charge in [0.25, 0.3) is 0 Å². The van der Waals surface area contributed by atoms with Crippen molar-refractivity contribution >= 4 is 22.8 Å². The molecule has 176 valence electrons. The molecule has 1 aromatic carbocycles. The first-order valence-electron chi connectivity index (χ1n) is 10.6. The molecule has 0 bridgehead atoms. The van der Waals surface area contributed by atoms with Crippen molar-refractivity contribution in [1.29, 1.82) is 5.41 Å². The topological polar surface area (TPSA) is 95.1 Å². The molecule has 0 saturated carbocycles. The second-order valence-electron chi connectivity index (χ2n) is 7.81. The fourth-order valence-electron chi connectivity index (χ4n) is 3.47. The maximum atomic E-state index is 14.9. The van der Waals surface area contributed by atoms with E-state index in [1.54, 1.807) is 18.6 Å². The minimum absolute atomic E-state index is 0.0287. The molecule has 2 heterocycles. The molecule has 7 nitrogen and oxygen atoms in total. The van der Waals surface area contributed by atoms with Gasteiger partial charge in [-0.3, -0.25) is 0 Å². The maximum absolute atomic E-state index is 14.9. The molecule has 33 heavy (non-hydrogen) atoms. The molecule has 0 saturated heterocycles. The van der Waals surface area contributed by atoms with E-state index < -0.39 is 11.6 Å². The van der Waals surface area contributed by atoms with E-state index >= 15 is 0 Å². The molecule has 0 aliphatic carbocycles. The van der Waals surface area contributed by atoms with E-state index in [-0.39, 0.29) is 23.5 Å². The van der Waals surface area contributed by atoms with Gasteiger partial charge in [-0.25, -0.2) is 13.8 Å². The van der Waals surface area contributed by atoms with Gasteiger partial charge in [0.15, 0.2) is 23.1 Å². The van der Waals surface area contributed by atoms with Crippen molar-refractivity contribution in [3.8, 4) is 11.5 Å². The Morgan fingerprint density at radius 3 is 2.45 bits per heavy atom. The van der Waals surface area contributed by atoms with Crippen molar-refractivity contribution in [3.05, 3.63) is 59.1 Å². The summed E-state index contributed by atoms with van der Waals surface area (Å²) in [6.45, 7) is 5.65. The quantitative estimate of drug-likeness (QED) is 0.258. The molecule has 3 aromatic rings. The van der Waals surface area contributed by atoms with Crippen LogP contribution in [-0.4, -0.2) is 49.5 Å². The molecule has 0 spiro atoms. The van der Waals surface area contributed by atoms with Crippen molar-refractivity contribution in [3.63, 3.8) is 0 Å². The molecule has 0 aliphatic heterocycles. The highest BCUT2D eigenvalue weighted by atomic mass is 19.1. The second-order valence-corrected chi connectivity index (χ2v) is 7.81. The highest BCUT2D eigenvalue weighted by Gasteiger charge is 2.21. The molecule has 0 fully saturated rings. The number of rotatable bonds is 11. The van der Waals surface area contributed by atoms with Crippen molar-refractivity contribution in [2.75, 3.05) is 27.3 Å². The minimum atomic E-state index is -0.770. The van der Waals surface area contributed by atoms with Crippen LogP contribution in [0.5, 0.6) is 11.5 Å². The molecular formula is C24H29F2N5O2. The molecule has 0 amide bonds. The van der Waals surface area contributed by atoms with Crippen molar-refractivity contribution in [2.24, 2.45) is 0 Å². The number of hydrogen-bond acceptors (Lipinski definition) is 6. The Morgan fingerprint density at radius 2 is 1.85 bits per heavy atom. The summed E-state index contributed by atoms with van der Waals surface area (Å²) in [6.07, 6.45) is 6.30. The van der Waals surface area contributed by atoms with Crippen molar-refractivity contribution in [2.45, 2.75) is 26.3 Å². The summed E-state index contributed by atoms with van der Waals surface area (Å²) in [6, 6.07) is 3.44. The zero-order chi connectivity index (χ0) is 24.0. The first kappa shape index (κ1) is 24.2. The lowest BCUT2D eigenvalue weighted by molar-refractivity contribution is 0.354. The Labute approximate surface area is 191 Å². The number of fused-ring (bicyclic) bond motifs is 1. The number of allylic oxidation sites excluding steroid dienone is 1. The molecule has 0 aliphatic rings. The second kappa shape index (κ2) is 10.9. The predicted molar refractivity (Wildman–Crippen MR) is 126 cm³/mol. The average Bonchev–Trinajstić information content (AvgIpc) is 3.21. The lowest BCUT2D eigenvalue weighted by atomic mass is 10.0. The van der Waals surface area contributed by atoms with Crippen LogP contribution < -0.4 is 20.1 Å². The van der Waals surface area contributed by atoms with E-state index in [0.717, 1.165) is 6.54 Å². The van der Waals surface area contributed by atoms with E-state index in [2.05, 4.69) is 34.4 Å². The normalized spacial score (nSPS) is 11.8. The van der Waals surface area contributed by atoms with Crippen LogP contribution in [0.25, 0.3) is 16.6 Å². The van der Waals surface area contributed by atoms with Crippen LogP contribution in [0.4, 0.5) is 8.78 Å². The van der Waals surface area contributed by atoms with Gasteiger partial charge in [0.1, 0.15) is 5.65 Å². The van der Waals surface area contributed by atoms with Gasteiger partial charge in [-0.1, -0.05) is 13.8 Å². The Hall–Kier alpha value is -3.46. The molecule has 0 unspecified atom stereocenters. The Bertz CT molecular complexity index is 1130. The molecule has 3 rings (SSSR count). The van der Waals surface area contributed by atoms with Crippen LogP contribution in [0, 0.1) is 17.0 Å². The van der Waals surface area contributed by atoms with E-state index in [4.69, 9.17) is 14.9 Å². The largest absolute Gasteiger partial charge is 0.494 e. The third-order valence-corrected chi connectivity index (χ3v) is 5.22. The lowest BCUT2D eigenvalue weighted by Gasteiger charge is -2.12. The first-order chi connectivity index (χ1) is 15.9. The van der Waals surface area contributed by atoms with Crippen LogP contribution in [0.3, 0.4) is 0 Å². The maximum Gasteiger partial charge on any atom is 0.171 e. The number of ether oxygens (including phenoxy) is 2. The fourth-order valence-corrected chi connectivity index (χ4v) is 3.47. The Balaban J connectivity index is 1.91. The van der Waals surface area contributed by atoms with Crippen LogP contribution in [0.15, 0.2) is 30.7 Å². The number of aromatic nitrogens is 2. The van der Waals surface area contributed by atoms with E-state index in [1.807, 2.05) is 6.07 Å². The molecule has 0 atom stereocenters. The summed E-state index contributed by atoms with van der Waals surface area (Å²) < 4.78 is 39.8. The van der Waals surface area contributed by atoms with Gasteiger partial charge in [-0.2, -0.15) is 0 Å². The molecule has 0 radical (unpaired) electrons. The minimum Gasteiger partial charge on any atom is -0.494 e. The number of hydrogen-bond donors (Lipinski definition) is 4. The predicted octanol–water partition coefficient (Wildman–Crippen LogP) is 4.03. The van der Waals surface area contributed by atoms with Gasteiger partial charge in [0, 0.05) is 78.5 Å². The van der Waals surface area contributed by atoms with Crippen molar-refractivity contribution < 1.29 is 18.3 Å². The van der Waals surface area contributed by atoms with Gasteiger partial charge in [0.2, 0.25) is 0 Å². The van der Waals surface area contributed by atoms with Crippen molar-refractivity contribution in [1.82, 2.24) is 20.6 Å². The summed E-state index contributed by atoms with van der Waals surface area (Å²) in [5.74, 6) is -1.72. The summed E-state index contributed by atoms with van der Waals surface area (Å²) in [7, 11) is 2.64. The van der Waals surface area contributed by atoms with E-state index in [1.165, 1.54) is 26.5 Å².